The third-order valence-corrected chi connectivity index (χ3v) is 3.75. The molecule has 0 aromatic heterocycles. The average Bonchev–Trinajstić information content (AvgIpc) is 2.65. The molecule has 6 heteroatoms. The molecule has 0 atom stereocenters. The van der Waals surface area contributed by atoms with Crippen molar-refractivity contribution in [2.24, 2.45) is 10.7 Å². The fraction of sp³-hybridized carbons (Fsp3) is 0.900. The lowest BCUT2D eigenvalue weighted by molar-refractivity contribution is 0.512. The number of aliphatic imine (C=N–C) groups is 1. The maximum absolute atomic E-state index is 11.0. The van der Waals surface area contributed by atoms with Crippen molar-refractivity contribution in [1.82, 2.24) is 4.90 Å². The van der Waals surface area contributed by atoms with E-state index < -0.39 is 9.84 Å². The maximum Gasteiger partial charge on any atom is 0.191 e. The largest absolute Gasteiger partial charge is 0.370 e. The average molecular weight is 247 g/mol. The highest BCUT2D eigenvalue weighted by Crippen LogP contribution is 2.20. The van der Waals surface area contributed by atoms with Crippen LogP contribution < -0.4 is 5.73 Å². The summed E-state index contributed by atoms with van der Waals surface area (Å²) in [5.74, 6) is 0.570. The summed E-state index contributed by atoms with van der Waals surface area (Å²) in [5, 5.41) is 0. The van der Waals surface area contributed by atoms with Crippen molar-refractivity contribution in [3.8, 4) is 0 Å². The zero-order valence-corrected chi connectivity index (χ0v) is 10.8. The molecule has 0 spiro atoms. The Balaban J connectivity index is 2.43. The van der Waals surface area contributed by atoms with Crippen LogP contribution in [0, 0.1) is 0 Å². The molecule has 0 amide bonds. The van der Waals surface area contributed by atoms with Gasteiger partial charge < -0.3 is 10.6 Å². The highest BCUT2D eigenvalue weighted by atomic mass is 32.2. The minimum atomic E-state index is -2.93. The summed E-state index contributed by atoms with van der Waals surface area (Å²) in [5.41, 5.74) is 5.81. The smallest absolute Gasteiger partial charge is 0.191 e. The molecule has 16 heavy (non-hydrogen) atoms. The Morgan fingerprint density at radius 2 is 2.00 bits per heavy atom. The lowest BCUT2D eigenvalue weighted by atomic mass is 10.3. The predicted molar refractivity (Wildman–Crippen MR) is 66.2 cm³/mol. The second-order valence-electron chi connectivity index (χ2n) is 4.48. The van der Waals surface area contributed by atoms with Crippen LogP contribution in [0.25, 0.3) is 0 Å². The highest BCUT2D eigenvalue weighted by Gasteiger charge is 2.15. The van der Waals surface area contributed by atoms with Gasteiger partial charge in [-0.3, -0.25) is 0 Å². The van der Waals surface area contributed by atoms with Gasteiger partial charge in [0.25, 0.3) is 0 Å². The van der Waals surface area contributed by atoms with Gasteiger partial charge in [0, 0.05) is 19.8 Å². The normalized spacial score (nSPS) is 19.0. The molecule has 0 unspecified atom stereocenters. The van der Waals surface area contributed by atoms with Gasteiger partial charge in [-0.1, -0.05) is 12.8 Å². The van der Waals surface area contributed by atoms with Gasteiger partial charge in [0.1, 0.15) is 9.84 Å². The molecule has 1 aliphatic rings. The third-order valence-electron chi connectivity index (χ3n) is 2.83. The van der Waals surface area contributed by atoms with Gasteiger partial charge in [-0.15, -0.1) is 0 Å². The first-order valence-electron chi connectivity index (χ1n) is 5.60. The fourth-order valence-corrected chi connectivity index (χ4v) is 2.34. The molecule has 2 N–H and O–H groups in total. The van der Waals surface area contributed by atoms with Crippen LogP contribution in [0.3, 0.4) is 0 Å². The van der Waals surface area contributed by atoms with E-state index in [1.165, 1.54) is 19.1 Å². The predicted octanol–water partition coefficient (Wildman–Crippen LogP) is 0.220. The number of guanidine groups is 1. The first-order chi connectivity index (χ1) is 7.38. The van der Waals surface area contributed by atoms with E-state index in [2.05, 4.69) is 4.99 Å². The zero-order chi connectivity index (χ0) is 12.2. The second-order valence-corrected chi connectivity index (χ2v) is 6.74. The van der Waals surface area contributed by atoms with Crippen LogP contribution in [0.5, 0.6) is 0 Å². The minimum absolute atomic E-state index is 0.115. The number of nitrogens with two attached hydrogens (primary N) is 1. The molecule has 0 bridgehead atoms. The fourth-order valence-electron chi connectivity index (χ4n) is 1.74. The molecule has 0 aliphatic heterocycles. The number of hydrogen-bond acceptors (Lipinski definition) is 3. The summed E-state index contributed by atoms with van der Waals surface area (Å²) in [6.45, 7) is 0.404. The van der Waals surface area contributed by atoms with Crippen molar-refractivity contribution < 1.29 is 8.42 Å². The van der Waals surface area contributed by atoms with Crippen LogP contribution in [0.15, 0.2) is 4.99 Å². The maximum atomic E-state index is 11.0. The van der Waals surface area contributed by atoms with Crippen molar-refractivity contribution in [2.45, 2.75) is 31.7 Å². The van der Waals surface area contributed by atoms with Gasteiger partial charge in [-0.25, -0.2) is 13.4 Å². The van der Waals surface area contributed by atoms with E-state index in [4.69, 9.17) is 5.73 Å². The van der Waals surface area contributed by atoms with Crippen LogP contribution in [0.4, 0.5) is 0 Å². The molecule has 1 saturated carbocycles. The monoisotopic (exact) mass is 247 g/mol. The summed E-state index contributed by atoms with van der Waals surface area (Å²) in [4.78, 5) is 6.11. The highest BCUT2D eigenvalue weighted by molar-refractivity contribution is 7.90. The second kappa shape index (κ2) is 5.52. The molecule has 0 heterocycles. The zero-order valence-electron chi connectivity index (χ0n) is 10.0. The van der Waals surface area contributed by atoms with Gasteiger partial charge >= 0.3 is 0 Å². The topological polar surface area (TPSA) is 75.8 Å². The van der Waals surface area contributed by atoms with E-state index in [0.717, 1.165) is 12.8 Å². The van der Waals surface area contributed by atoms with Crippen LogP contribution in [-0.4, -0.2) is 50.9 Å². The van der Waals surface area contributed by atoms with Gasteiger partial charge in [0.05, 0.1) is 11.8 Å². The summed E-state index contributed by atoms with van der Waals surface area (Å²) < 4.78 is 22.0. The van der Waals surface area contributed by atoms with E-state index >= 15 is 0 Å². The molecule has 0 saturated heterocycles. The van der Waals surface area contributed by atoms with Crippen molar-refractivity contribution in [3.05, 3.63) is 0 Å². The Morgan fingerprint density at radius 1 is 1.44 bits per heavy atom. The molecule has 1 rings (SSSR count). The van der Waals surface area contributed by atoms with E-state index in [-0.39, 0.29) is 5.75 Å². The molecule has 0 aromatic carbocycles. The van der Waals surface area contributed by atoms with E-state index in [0.29, 0.717) is 18.5 Å². The van der Waals surface area contributed by atoms with Gasteiger partial charge in [-0.2, -0.15) is 0 Å². The Hall–Kier alpha value is -0.780. The first kappa shape index (κ1) is 13.3. The minimum Gasteiger partial charge on any atom is -0.370 e. The molecule has 0 aromatic rings. The summed E-state index contributed by atoms with van der Waals surface area (Å²) in [6, 6.07) is 0.334. The number of rotatable bonds is 4. The molecule has 1 aliphatic carbocycles. The van der Waals surface area contributed by atoms with E-state index in [9.17, 15) is 8.42 Å². The summed E-state index contributed by atoms with van der Waals surface area (Å²) >= 11 is 0. The molecule has 5 nitrogen and oxygen atoms in total. The lowest BCUT2D eigenvalue weighted by Gasteiger charge is -2.18. The molecular formula is C10H21N3O2S. The Kier molecular flexibility index (Phi) is 4.58. The van der Waals surface area contributed by atoms with E-state index in [1.54, 1.807) is 11.9 Å². The van der Waals surface area contributed by atoms with Gasteiger partial charge in [0.2, 0.25) is 0 Å². The van der Waals surface area contributed by atoms with Gasteiger partial charge in [-0.05, 0) is 12.8 Å². The molecular weight excluding hydrogens is 226 g/mol. The van der Waals surface area contributed by atoms with Crippen LogP contribution in [-0.2, 0) is 9.84 Å². The van der Waals surface area contributed by atoms with Crippen LogP contribution in [0.1, 0.15) is 25.7 Å². The quantitative estimate of drug-likeness (QED) is 0.569. The Morgan fingerprint density at radius 3 is 2.50 bits per heavy atom. The van der Waals surface area contributed by atoms with Gasteiger partial charge in [0.15, 0.2) is 5.96 Å². The van der Waals surface area contributed by atoms with Crippen molar-refractivity contribution in [3.63, 3.8) is 0 Å². The van der Waals surface area contributed by atoms with E-state index in [1.807, 2.05) is 0 Å². The standard InChI is InChI=1S/C10H21N3O2S/c1-13(7-8-16(2,14)15)10(11)12-9-5-3-4-6-9/h9H,3-8H2,1-2H3,(H2,11,12). The first-order valence-corrected chi connectivity index (χ1v) is 7.66. The van der Waals surface area contributed by atoms with Crippen molar-refractivity contribution in [2.75, 3.05) is 25.6 Å². The summed E-state index contributed by atoms with van der Waals surface area (Å²) in [7, 11) is -1.16. The van der Waals surface area contributed by atoms with Crippen LogP contribution >= 0.6 is 0 Å². The molecule has 0 radical (unpaired) electrons. The number of hydrogen-bond donors (Lipinski definition) is 1. The molecule has 94 valence electrons. The Labute approximate surface area is 97.6 Å². The Bertz CT molecular complexity index is 345. The third kappa shape index (κ3) is 4.83. The van der Waals surface area contributed by atoms with Crippen molar-refractivity contribution in [1.29, 1.82) is 0 Å². The SMILES string of the molecule is CN(CCS(C)(=O)=O)C(N)=NC1CCCC1. The molecule has 1 fully saturated rings. The summed E-state index contributed by atoms with van der Waals surface area (Å²) in [6.07, 6.45) is 5.86. The number of nitrogens with zero attached hydrogens (tertiary/aromatic N) is 2. The van der Waals surface area contributed by atoms with Crippen LogP contribution in [0.2, 0.25) is 0 Å². The lowest BCUT2D eigenvalue weighted by Crippen LogP contribution is -2.37. The van der Waals surface area contributed by atoms with Crippen molar-refractivity contribution >= 4 is 15.8 Å². The number of sulfone groups is 1.